The van der Waals surface area contributed by atoms with Crippen molar-refractivity contribution in [2.24, 2.45) is 5.10 Å². The molecule has 164 valence electrons. The van der Waals surface area contributed by atoms with Gasteiger partial charge in [0.2, 0.25) is 0 Å². The molecule has 1 amide bonds. The lowest BCUT2D eigenvalue weighted by Gasteiger charge is -2.03. The van der Waals surface area contributed by atoms with E-state index in [-0.39, 0.29) is 5.91 Å². The van der Waals surface area contributed by atoms with Crippen molar-refractivity contribution in [3.8, 4) is 0 Å². The summed E-state index contributed by atoms with van der Waals surface area (Å²) in [5, 5.41) is 6.13. The van der Waals surface area contributed by atoms with Crippen molar-refractivity contribution in [1.29, 1.82) is 0 Å². The fourth-order valence-electron chi connectivity index (χ4n) is 3.77. The first-order valence-corrected chi connectivity index (χ1v) is 11.8. The number of H-pyrrole nitrogens is 2. The molecule has 2 aromatic heterocycles. The molecule has 6 nitrogen and oxygen atoms in total. The third-order valence-electron chi connectivity index (χ3n) is 5.54. The molecule has 33 heavy (non-hydrogen) atoms. The Labute approximate surface area is 195 Å². The fraction of sp³-hybridized carbons (Fsp3) is 0.115. The standard InChI is InChI=1S/C26H23N5OS/c1-2-18-6-5-7-21-20(14-27-24(18)21)15-28-31-25(32)19-12-10-17(11-13-19)16-33-26-29-22-8-3-4-9-23(22)30-26/h3-15,27H,2,16H2,1H3,(H,29,30)(H,31,32)/b28-15+. The maximum Gasteiger partial charge on any atom is 0.271 e. The molecule has 0 aliphatic rings. The lowest BCUT2D eigenvalue weighted by molar-refractivity contribution is 0.0955. The monoisotopic (exact) mass is 453 g/mol. The van der Waals surface area contributed by atoms with Crippen LogP contribution in [0.3, 0.4) is 0 Å². The molecule has 3 aromatic carbocycles. The molecule has 0 saturated heterocycles. The van der Waals surface area contributed by atoms with E-state index in [9.17, 15) is 4.79 Å². The van der Waals surface area contributed by atoms with Crippen LogP contribution in [0.15, 0.2) is 83.2 Å². The molecule has 0 radical (unpaired) electrons. The molecule has 0 bridgehead atoms. The number of rotatable bonds is 7. The van der Waals surface area contributed by atoms with Crippen LogP contribution < -0.4 is 5.43 Å². The quantitative estimate of drug-likeness (QED) is 0.169. The third-order valence-corrected chi connectivity index (χ3v) is 6.49. The van der Waals surface area contributed by atoms with E-state index in [4.69, 9.17) is 0 Å². The molecule has 0 aliphatic heterocycles. The zero-order chi connectivity index (χ0) is 22.6. The SMILES string of the molecule is CCc1cccc2c(/C=N/NC(=O)c3ccc(CSc4nc5ccccc5[nH]4)cc3)c[nH]c12. The van der Waals surface area contributed by atoms with Gasteiger partial charge in [0.1, 0.15) is 0 Å². The van der Waals surface area contributed by atoms with Crippen molar-refractivity contribution >= 4 is 45.8 Å². The van der Waals surface area contributed by atoms with Crippen LogP contribution in [0.4, 0.5) is 0 Å². The number of hydrogen-bond acceptors (Lipinski definition) is 4. The number of aromatic amines is 2. The van der Waals surface area contributed by atoms with Gasteiger partial charge < -0.3 is 9.97 Å². The van der Waals surface area contributed by atoms with Crippen molar-refractivity contribution in [2.45, 2.75) is 24.3 Å². The highest BCUT2D eigenvalue weighted by Crippen LogP contribution is 2.23. The second kappa shape index (κ2) is 9.34. The van der Waals surface area contributed by atoms with Crippen LogP contribution in [0, 0.1) is 0 Å². The Morgan fingerprint density at radius 2 is 1.94 bits per heavy atom. The molecule has 7 heteroatoms. The number of amides is 1. The maximum absolute atomic E-state index is 12.5. The molecule has 0 fully saturated rings. The van der Waals surface area contributed by atoms with Crippen LogP contribution in [0.1, 0.15) is 34.0 Å². The van der Waals surface area contributed by atoms with Gasteiger partial charge in [-0.2, -0.15) is 5.10 Å². The second-order valence-corrected chi connectivity index (χ2v) is 8.65. The van der Waals surface area contributed by atoms with Crippen molar-refractivity contribution < 1.29 is 4.79 Å². The van der Waals surface area contributed by atoms with Crippen molar-refractivity contribution in [3.05, 3.63) is 95.2 Å². The van der Waals surface area contributed by atoms with E-state index in [1.54, 1.807) is 18.0 Å². The Hall–Kier alpha value is -3.84. The van der Waals surface area contributed by atoms with Gasteiger partial charge in [0.25, 0.3) is 5.91 Å². The van der Waals surface area contributed by atoms with Gasteiger partial charge in [-0.1, -0.05) is 61.2 Å². The topological polar surface area (TPSA) is 85.9 Å². The van der Waals surface area contributed by atoms with Crippen LogP contribution >= 0.6 is 11.8 Å². The minimum Gasteiger partial charge on any atom is -0.360 e. The first kappa shape index (κ1) is 21.0. The first-order valence-electron chi connectivity index (χ1n) is 10.8. The molecule has 3 N–H and O–H groups in total. The molecule has 0 aliphatic carbocycles. The summed E-state index contributed by atoms with van der Waals surface area (Å²) < 4.78 is 0. The predicted molar refractivity (Wildman–Crippen MR) is 135 cm³/mol. The number of nitrogens with zero attached hydrogens (tertiary/aromatic N) is 2. The summed E-state index contributed by atoms with van der Waals surface area (Å²) in [6.07, 6.45) is 4.54. The molecule has 5 rings (SSSR count). The summed E-state index contributed by atoms with van der Waals surface area (Å²) in [5.74, 6) is 0.525. The van der Waals surface area contributed by atoms with Crippen LogP contribution in [-0.2, 0) is 12.2 Å². The van der Waals surface area contributed by atoms with Crippen molar-refractivity contribution in [3.63, 3.8) is 0 Å². The van der Waals surface area contributed by atoms with E-state index in [1.165, 1.54) is 5.56 Å². The fourth-order valence-corrected chi connectivity index (χ4v) is 4.61. The number of thioether (sulfide) groups is 1. The van der Waals surface area contributed by atoms with Gasteiger partial charge >= 0.3 is 0 Å². The highest BCUT2D eigenvalue weighted by atomic mass is 32.2. The van der Waals surface area contributed by atoms with Gasteiger partial charge in [0.15, 0.2) is 5.16 Å². The first-order chi connectivity index (χ1) is 16.2. The number of nitrogens with one attached hydrogen (secondary N) is 3. The Morgan fingerprint density at radius 3 is 2.76 bits per heavy atom. The lowest BCUT2D eigenvalue weighted by Crippen LogP contribution is -2.17. The van der Waals surface area contributed by atoms with E-state index in [0.29, 0.717) is 5.56 Å². The van der Waals surface area contributed by atoms with Crippen LogP contribution in [0.2, 0.25) is 0 Å². The van der Waals surface area contributed by atoms with Gasteiger partial charge in [0, 0.05) is 34.0 Å². The number of aryl methyl sites for hydroxylation is 1. The minimum absolute atomic E-state index is 0.239. The largest absolute Gasteiger partial charge is 0.360 e. The molecule has 0 spiro atoms. The summed E-state index contributed by atoms with van der Waals surface area (Å²) in [5.41, 5.74) is 9.62. The maximum atomic E-state index is 12.5. The number of aromatic nitrogens is 3. The highest BCUT2D eigenvalue weighted by Gasteiger charge is 2.08. The van der Waals surface area contributed by atoms with Gasteiger partial charge in [0.05, 0.1) is 17.2 Å². The van der Waals surface area contributed by atoms with Gasteiger partial charge in [-0.05, 0) is 41.8 Å². The third kappa shape index (κ3) is 4.54. The Bertz CT molecular complexity index is 1420. The average Bonchev–Trinajstić information content (AvgIpc) is 3.47. The van der Waals surface area contributed by atoms with E-state index >= 15 is 0 Å². The average molecular weight is 454 g/mol. The Balaban J connectivity index is 1.19. The Kier molecular flexibility index (Phi) is 5.95. The normalized spacial score (nSPS) is 11.5. The van der Waals surface area contributed by atoms with E-state index in [2.05, 4.69) is 44.5 Å². The van der Waals surface area contributed by atoms with Crippen LogP contribution in [0.5, 0.6) is 0 Å². The zero-order valence-electron chi connectivity index (χ0n) is 18.1. The number of hydrogen-bond donors (Lipinski definition) is 3. The summed E-state index contributed by atoms with van der Waals surface area (Å²) in [7, 11) is 0. The number of para-hydroxylation sites is 3. The Morgan fingerprint density at radius 1 is 1.09 bits per heavy atom. The molecular formula is C26H23N5OS. The van der Waals surface area contributed by atoms with Crippen LogP contribution in [0.25, 0.3) is 21.9 Å². The minimum atomic E-state index is -0.239. The molecule has 0 unspecified atom stereocenters. The van der Waals surface area contributed by atoms with Crippen molar-refractivity contribution in [2.75, 3.05) is 0 Å². The summed E-state index contributed by atoms with van der Waals surface area (Å²) in [6, 6.07) is 21.7. The number of imidazole rings is 1. The number of carbonyl (C=O) groups is 1. The summed E-state index contributed by atoms with van der Waals surface area (Å²) >= 11 is 1.64. The van der Waals surface area contributed by atoms with E-state index in [0.717, 1.165) is 50.4 Å². The van der Waals surface area contributed by atoms with Gasteiger partial charge in [-0.25, -0.2) is 10.4 Å². The predicted octanol–water partition coefficient (Wildman–Crippen LogP) is 5.66. The smallest absolute Gasteiger partial charge is 0.271 e. The molecule has 0 atom stereocenters. The summed E-state index contributed by atoms with van der Waals surface area (Å²) in [4.78, 5) is 23.7. The van der Waals surface area contributed by atoms with E-state index < -0.39 is 0 Å². The van der Waals surface area contributed by atoms with Crippen molar-refractivity contribution in [1.82, 2.24) is 20.4 Å². The number of benzene rings is 3. The summed E-state index contributed by atoms with van der Waals surface area (Å²) in [6.45, 7) is 2.13. The van der Waals surface area contributed by atoms with E-state index in [1.807, 2.05) is 60.8 Å². The molecule has 5 aromatic rings. The molecule has 0 saturated carbocycles. The lowest BCUT2D eigenvalue weighted by atomic mass is 10.1. The number of fused-ring (bicyclic) bond motifs is 2. The van der Waals surface area contributed by atoms with Crippen LogP contribution in [-0.4, -0.2) is 27.1 Å². The second-order valence-electron chi connectivity index (χ2n) is 7.68. The molecule has 2 heterocycles. The molecular weight excluding hydrogens is 430 g/mol. The zero-order valence-corrected chi connectivity index (χ0v) is 18.9. The number of hydrazone groups is 1. The van der Waals surface area contributed by atoms with Gasteiger partial charge in [-0.15, -0.1) is 0 Å². The highest BCUT2D eigenvalue weighted by molar-refractivity contribution is 7.98. The number of carbonyl (C=O) groups excluding carboxylic acids is 1. The van der Waals surface area contributed by atoms with Gasteiger partial charge in [-0.3, -0.25) is 4.79 Å².